The van der Waals surface area contributed by atoms with E-state index >= 15 is 0 Å². The van der Waals surface area contributed by atoms with Crippen LogP contribution < -0.4 is 9.62 Å². The molecule has 1 N–H and O–H groups in total. The zero-order chi connectivity index (χ0) is 17.1. The third-order valence-electron chi connectivity index (χ3n) is 3.55. The van der Waals surface area contributed by atoms with Gasteiger partial charge in [-0.05, 0) is 57.4 Å². The summed E-state index contributed by atoms with van der Waals surface area (Å²) >= 11 is 0. The van der Waals surface area contributed by atoms with Gasteiger partial charge < -0.3 is 5.32 Å². The van der Waals surface area contributed by atoms with Gasteiger partial charge in [-0.1, -0.05) is 13.0 Å². The molecular formula is C16H26N2O3S. The lowest BCUT2D eigenvalue weighted by atomic mass is 10.1. The van der Waals surface area contributed by atoms with Crippen molar-refractivity contribution in [3.63, 3.8) is 0 Å². The van der Waals surface area contributed by atoms with Crippen molar-refractivity contribution in [2.45, 2.75) is 53.1 Å². The van der Waals surface area contributed by atoms with Crippen molar-refractivity contribution in [1.82, 2.24) is 5.32 Å². The van der Waals surface area contributed by atoms with Crippen LogP contribution in [0.1, 0.15) is 38.3 Å². The second-order valence-corrected chi connectivity index (χ2v) is 7.76. The van der Waals surface area contributed by atoms with E-state index in [0.717, 1.165) is 23.8 Å². The molecule has 6 heteroatoms. The van der Waals surface area contributed by atoms with Crippen LogP contribution in [0.5, 0.6) is 0 Å². The molecule has 1 aromatic rings. The van der Waals surface area contributed by atoms with Crippen molar-refractivity contribution in [3.8, 4) is 0 Å². The summed E-state index contributed by atoms with van der Waals surface area (Å²) in [5.41, 5.74) is 2.43. The van der Waals surface area contributed by atoms with Crippen LogP contribution >= 0.6 is 0 Å². The van der Waals surface area contributed by atoms with Crippen molar-refractivity contribution < 1.29 is 13.2 Å². The van der Waals surface area contributed by atoms with Gasteiger partial charge >= 0.3 is 0 Å². The van der Waals surface area contributed by atoms with Crippen molar-refractivity contribution in [2.24, 2.45) is 0 Å². The number of aryl methyl sites for hydroxylation is 2. The molecular weight excluding hydrogens is 300 g/mol. The molecule has 0 heterocycles. The van der Waals surface area contributed by atoms with E-state index in [1.54, 1.807) is 19.1 Å². The number of anilines is 1. The van der Waals surface area contributed by atoms with Gasteiger partial charge in [0.2, 0.25) is 15.9 Å². The predicted molar refractivity (Wildman–Crippen MR) is 90.6 cm³/mol. The number of hydrogen-bond donors (Lipinski definition) is 1. The van der Waals surface area contributed by atoms with Crippen LogP contribution in [-0.2, 0) is 14.8 Å². The Morgan fingerprint density at radius 2 is 1.68 bits per heavy atom. The molecule has 0 bridgehead atoms. The quantitative estimate of drug-likeness (QED) is 0.873. The van der Waals surface area contributed by atoms with E-state index in [9.17, 15) is 13.2 Å². The second kappa shape index (κ2) is 7.13. The zero-order valence-electron chi connectivity index (χ0n) is 14.2. The van der Waals surface area contributed by atoms with Crippen LogP contribution in [0.4, 0.5) is 5.69 Å². The molecule has 1 aromatic carbocycles. The fourth-order valence-corrected chi connectivity index (χ4v) is 3.51. The molecule has 124 valence electrons. The molecule has 2 atom stereocenters. The van der Waals surface area contributed by atoms with Crippen molar-refractivity contribution >= 4 is 21.6 Å². The molecule has 22 heavy (non-hydrogen) atoms. The summed E-state index contributed by atoms with van der Waals surface area (Å²) < 4.78 is 25.6. The lowest BCUT2D eigenvalue weighted by Gasteiger charge is -2.29. The van der Waals surface area contributed by atoms with E-state index in [1.807, 2.05) is 33.8 Å². The van der Waals surface area contributed by atoms with Crippen LogP contribution in [0.15, 0.2) is 18.2 Å². The molecule has 0 saturated carbocycles. The van der Waals surface area contributed by atoms with Gasteiger partial charge in [0.05, 0.1) is 11.9 Å². The van der Waals surface area contributed by atoms with Crippen LogP contribution in [0.25, 0.3) is 0 Å². The predicted octanol–water partition coefficient (Wildman–Crippen LogP) is 2.37. The fraction of sp³-hybridized carbons (Fsp3) is 0.562. The number of nitrogens with one attached hydrogen (secondary N) is 1. The Morgan fingerprint density at radius 3 is 2.09 bits per heavy atom. The first-order valence-electron chi connectivity index (χ1n) is 7.44. The molecule has 0 fully saturated rings. The number of benzene rings is 1. The fourth-order valence-electron chi connectivity index (χ4n) is 2.35. The maximum absolute atomic E-state index is 12.3. The molecule has 0 aromatic heterocycles. The molecule has 0 radical (unpaired) electrons. The lowest BCUT2D eigenvalue weighted by Crippen LogP contribution is -2.49. The molecule has 1 rings (SSSR count). The highest BCUT2D eigenvalue weighted by atomic mass is 32.2. The number of hydrogen-bond acceptors (Lipinski definition) is 3. The van der Waals surface area contributed by atoms with E-state index in [1.165, 1.54) is 4.31 Å². The van der Waals surface area contributed by atoms with Crippen LogP contribution in [0, 0.1) is 13.8 Å². The van der Waals surface area contributed by atoms with Gasteiger partial charge in [0, 0.05) is 6.04 Å². The van der Waals surface area contributed by atoms with Crippen LogP contribution in [0.3, 0.4) is 0 Å². The standard InChI is InChI=1S/C16H26N2O3S/c1-7-13(4)17-16(19)14(5)18(22(6,20)21)15-9-11(2)8-12(3)10-15/h8-10,13-14H,7H2,1-6H3,(H,17,19)/t13-,14-/m0/s1. The normalized spacial score (nSPS) is 14.3. The van der Waals surface area contributed by atoms with Gasteiger partial charge in [-0.2, -0.15) is 0 Å². The average Bonchev–Trinajstić information content (AvgIpc) is 2.35. The van der Waals surface area contributed by atoms with Gasteiger partial charge in [-0.3, -0.25) is 9.10 Å². The summed E-state index contributed by atoms with van der Waals surface area (Å²) in [5, 5.41) is 2.84. The first-order chi connectivity index (χ1) is 10.1. The van der Waals surface area contributed by atoms with Gasteiger partial charge in [0.1, 0.15) is 6.04 Å². The number of rotatable bonds is 6. The van der Waals surface area contributed by atoms with E-state index in [4.69, 9.17) is 0 Å². The van der Waals surface area contributed by atoms with Crippen LogP contribution in [-0.4, -0.2) is 32.7 Å². The topological polar surface area (TPSA) is 66.5 Å². The molecule has 5 nitrogen and oxygen atoms in total. The monoisotopic (exact) mass is 326 g/mol. The van der Waals surface area contributed by atoms with Crippen molar-refractivity contribution in [2.75, 3.05) is 10.6 Å². The summed E-state index contributed by atoms with van der Waals surface area (Å²) in [6.45, 7) is 9.28. The Hall–Kier alpha value is -1.56. The highest BCUT2D eigenvalue weighted by Gasteiger charge is 2.29. The molecule has 0 aliphatic heterocycles. The first-order valence-corrected chi connectivity index (χ1v) is 9.29. The smallest absolute Gasteiger partial charge is 0.243 e. The second-order valence-electron chi connectivity index (χ2n) is 5.90. The summed E-state index contributed by atoms with van der Waals surface area (Å²) in [6, 6.07) is 4.73. The Kier molecular flexibility index (Phi) is 6.00. The number of nitrogens with zero attached hydrogens (tertiary/aromatic N) is 1. The lowest BCUT2D eigenvalue weighted by molar-refractivity contribution is -0.122. The third-order valence-corrected chi connectivity index (χ3v) is 4.79. The maximum Gasteiger partial charge on any atom is 0.243 e. The van der Waals surface area contributed by atoms with E-state index in [0.29, 0.717) is 5.69 Å². The Bertz CT molecular complexity index is 621. The van der Waals surface area contributed by atoms with Crippen molar-refractivity contribution in [1.29, 1.82) is 0 Å². The average molecular weight is 326 g/mol. The van der Waals surface area contributed by atoms with Crippen LogP contribution in [0.2, 0.25) is 0 Å². The maximum atomic E-state index is 12.3. The van der Waals surface area contributed by atoms with Crippen molar-refractivity contribution in [3.05, 3.63) is 29.3 Å². The molecule has 0 unspecified atom stereocenters. The van der Waals surface area contributed by atoms with Gasteiger partial charge in [-0.25, -0.2) is 8.42 Å². The Labute approximate surface area is 133 Å². The SMILES string of the molecule is CC[C@H](C)NC(=O)[C@H](C)N(c1cc(C)cc(C)c1)S(C)(=O)=O. The summed E-state index contributed by atoms with van der Waals surface area (Å²) in [7, 11) is -3.57. The first kappa shape index (κ1) is 18.5. The Morgan fingerprint density at radius 1 is 1.18 bits per heavy atom. The zero-order valence-corrected chi connectivity index (χ0v) is 15.0. The molecule has 1 amide bonds. The van der Waals surface area contributed by atoms with E-state index in [-0.39, 0.29) is 11.9 Å². The minimum atomic E-state index is -3.57. The number of carbonyl (C=O) groups is 1. The highest BCUT2D eigenvalue weighted by molar-refractivity contribution is 7.92. The minimum absolute atomic E-state index is 0.00982. The number of amides is 1. The third kappa shape index (κ3) is 4.73. The molecule has 0 aliphatic rings. The van der Waals surface area contributed by atoms with Gasteiger partial charge in [0.15, 0.2) is 0 Å². The number of carbonyl (C=O) groups excluding carboxylic acids is 1. The van der Waals surface area contributed by atoms with Gasteiger partial charge in [-0.15, -0.1) is 0 Å². The Balaban J connectivity index is 3.22. The summed E-state index contributed by atoms with van der Waals surface area (Å²) in [4.78, 5) is 12.3. The summed E-state index contributed by atoms with van der Waals surface area (Å²) in [6.07, 6.45) is 1.92. The van der Waals surface area contributed by atoms with Gasteiger partial charge in [0.25, 0.3) is 0 Å². The van der Waals surface area contributed by atoms with E-state index < -0.39 is 16.1 Å². The molecule has 0 spiro atoms. The highest BCUT2D eigenvalue weighted by Crippen LogP contribution is 2.23. The number of sulfonamides is 1. The summed E-state index contributed by atoms with van der Waals surface area (Å²) in [5.74, 6) is -0.293. The molecule has 0 aliphatic carbocycles. The molecule has 0 saturated heterocycles. The minimum Gasteiger partial charge on any atom is -0.352 e. The van der Waals surface area contributed by atoms with E-state index in [2.05, 4.69) is 5.32 Å². The largest absolute Gasteiger partial charge is 0.352 e.